The molecule has 1 heterocycles. The molecule has 1 aromatic rings. The lowest BCUT2D eigenvalue weighted by Crippen LogP contribution is -2.29. The van der Waals surface area contributed by atoms with Crippen LogP contribution in [-0.2, 0) is 16.1 Å². The zero-order chi connectivity index (χ0) is 16.2. The van der Waals surface area contributed by atoms with Crippen LogP contribution in [-0.4, -0.2) is 38.5 Å². The molecule has 7 heteroatoms. The van der Waals surface area contributed by atoms with E-state index < -0.39 is 17.5 Å². The number of hydrogen-bond donors (Lipinski definition) is 2. The van der Waals surface area contributed by atoms with Gasteiger partial charge in [0.25, 0.3) is 0 Å². The Balaban J connectivity index is 3.50. The summed E-state index contributed by atoms with van der Waals surface area (Å²) >= 11 is 0. The fraction of sp³-hybridized carbons (Fsp3) is 0.500. The Hall–Kier alpha value is -2.31. The maximum Gasteiger partial charge on any atom is 0.344 e. The molecule has 1 rings (SSSR count). The number of hydrogen-bond acceptors (Lipinski definition) is 4. The summed E-state index contributed by atoms with van der Waals surface area (Å²) in [6.45, 7) is 8.43. The van der Waals surface area contributed by atoms with Crippen LogP contribution in [0.2, 0.25) is 0 Å². The van der Waals surface area contributed by atoms with Crippen molar-refractivity contribution in [3.8, 4) is 0 Å². The van der Waals surface area contributed by atoms with Crippen molar-refractivity contribution in [2.75, 3.05) is 11.4 Å². The Labute approximate surface area is 123 Å². The van der Waals surface area contributed by atoms with Crippen LogP contribution in [0.4, 0.5) is 5.82 Å². The van der Waals surface area contributed by atoms with Gasteiger partial charge in [0.1, 0.15) is 5.82 Å². The topological polar surface area (TPSA) is 95.7 Å². The van der Waals surface area contributed by atoms with E-state index in [1.807, 2.05) is 26.8 Å². The van der Waals surface area contributed by atoms with Crippen LogP contribution < -0.4 is 4.90 Å². The number of aromatic nitrogens is 2. The van der Waals surface area contributed by atoms with Gasteiger partial charge in [-0.2, -0.15) is 5.10 Å². The molecule has 7 nitrogen and oxygen atoms in total. The van der Waals surface area contributed by atoms with Gasteiger partial charge < -0.3 is 15.1 Å². The molecular weight excluding hydrogens is 274 g/mol. The van der Waals surface area contributed by atoms with E-state index in [2.05, 4.69) is 5.10 Å². The molecule has 0 aliphatic heterocycles. The Morgan fingerprint density at radius 3 is 2.19 bits per heavy atom. The van der Waals surface area contributed by atoms with E-state index in [1.165, 1.54) is 0 Å². The van der Waals surface area contributed by atoms with E-state index in [0.717, 1.165) is 5.69 Å². The average Bonchev–Trinajstić information content (AvgIpc) is 2.78. The standard InChI is InChI=1S/C14H21N3O4/c1-5-10(12(13(18)19)14(20)21)16(6-2)11-8-9(4)15-17(11)7-3/h8H,5-7H2,1-4H3,(H,18,19)(H,20,21). The maximum absolute atomic E-state index is 11.3. The molecule has 0 saturated heterocycles. The first-order chi connectivity index (χ1) is 9.87. The van der Waals surface area contributed by atoms with Crippen LogP contribution in [0.3, 0.4) is 0 Å². The molecule has 0 aromatic carbocycles. The zero-order valence-corrected chi connectivity index (χ0v) is 12.8. The van der Waals surface area contributed by atoms with Crippen LogP contribution in [0.5, 0.6) is 0 Å². The first-order valence-corrected chi connectivity index (χ1v) is 6.88. The molecule has 0 amide bonds. The Kier molecular flexibility index (Phi) is 5.52. The fourth-order valence-electron chi connectivity index (χ4n) is 2.31. The third kappa shape index (κ3) is 3.42. The minimum absolute atomic E-state index is 0.270. The van der Waals surface area contributed by atoms with Gasteiger partial charge in [-0.05, 0) is 27.2 Å². The number of rotatable bonds is 7. The first kappa shape index (κ1) is 16.7. The molecule has 0 aliphatic carbocycles. The van der Waals surface area contributed by atoms with Crippen LogP contribution >= 0.6 is 0 Å². The van der Waals surface area contributed by atoms with Crippen molar-refractivity contribution in [2.45, 2.75) is 40.7 Å². The van der Waals surface area contributed by atoms with E-state index in [0.29, 0.717) is 25.3 Å². The van der Waals surface area contributed by atoms with Gasteiger partial charge in [0.05, 0.1) is 5.69 Å². The molecule has 0 bridgehead atoms. The summed E-state index contributed by atoms with van der Waals surface area (Å²) in [5.41, 5.74) is 0.473. The predicted octanol–water partition coefficient (Wildman–Crippen LogP) is 1.87. The van der Waals surface area contributed by atoms with Gasteiger partial charge >= 0.3 is 11.9 Å². The smallest absolute Gasteiger partial charge is 0.344 e. The lowest BCUT2D eigenvalue weighted by molar-refractivity contribution is -0.140. The minimum Gasteiger partial charge on any atom is -0.477 e. The second kappa shape index (κ2) is 6.92. The van der Waals surface area contributed by atoms with Crippen LogP contribution in [0.25, 0.3) is 0 Å². The predicted molar refractivity (Wildman–Crippen MR) is 78.2 cm³/mol. The van der Waals surface area contributed by atoms with Gasteiger partial charge in [0.2, 0.25) is 0 Å². The summed E-state index contributed by atoms with van der Waals surface area (Å²) in [4.78, 5) is 24.2. The third-order valence-electron chi connectivity index (χ3n) is 3.15. The number of aliphatic carboxylic acids is 2. The highest BCUT2D eigenvalue weighted by Crippen LogP contribution is 2.25. The number of carboxylic acid groups (broad SMARTS) is 2. The Morgan fingerprint density at radius 2 is 1.81 bits per heavy atom. The third-order valence-corrected chi connectivity index (χ3v) is 3.15. The molecule has 21 heavy (non-hydrogen) atoms. The Morgan fingerprint density at radius 1 is 1.24 bits per heavy atom. The van der Waals surface area contributed by atoms with Crippen molar-refractivity contribution in [1.82, 2.24) is 9.78 Å². The summed E-state index contributed by atoms with van der Waals surface area (Å²) in [6.07, 6.45) is 0.301. The lowest BCUT2D eigenvalue weighted by atomic mass is 10.1. The zero-order valence-electron chi connectivity index (χ0n) is 12.8. The second-order valence-corrected chi connectivity index (χ2v) is 4.49. The van der Waals surface area contributed by atoms with E-state index in [-0.39, 0.29) is 5.70 Å². The highest BCUT2D eigenvalue weighted by atomic mass is 16.4. The molecule has 2 N–H and O–H groups in total. The molecule has 0 spiro atoms. The van der Waals surface area contributed by atoms with Gasteiger partial charge in [-0.15, -0.1) is 0 Å². The molecule has 0 saturated carbocycles. The van der Waals surface area contributed by atoms with Crippen molar-refractivity contribution in [3.05, 3.63) is 23.0 Å². The van der Waals surface area contributed by atoms with E-state index in [1.54, 1.807) is 16.5 Å². The summed E-state index contributed by atoms with van der Waals surface area (Å²) in [7, 11) is 0. The molecule has 0 radical (unpaired) electrons. The SMILES string of the molecule is CCC(=C(C(=O)O)C(=O)O)N(CC)c1cc(C)nn1CC. The molecular formula is C14H21N3O4. The number of carbonyl (C=O) groups is 2. The summed E-state index contributed by atoms with van der Waals surface area (Å²) in [5.74, 6) is -2.16. The molecule has 116 valence electrons. The van der Waals surface area contributed by atoms with E-state index in [4.69, 9.17) is 0 Å². The summed E-state index contributed by atoms with van der Waals surface area (Å²) < 4.78 is 1.73. The van der Waals surface area contributed by atoms with Gasteiger partial charge in [0.15, 0.2) is 5.57 Å². The van der Waals surface area contributed by atoms with Crippen LogP contribution in [0.1, 0.15) is 32.9 Å². The largest absolute Gasteiger partial charge is 0.477 e. The van der Waals surface area contributed by atoms with Crippen molar-refractivity contribution >= 4 is 17.8 Å². The number of nitrogens with zero attached hydrogens (tertiary/aromatic N) is 3. The first-order valence-electron chi connectivity index (χ1n) is 6.88. The monoisotopic (exact) mass is 295 g/mol. The van der Waals surface area contributed by atoms with Gasteiger partial charge in [-0.3, -0.25) is 0 Å². The van der Waals surface area contributed by atoms with E-state index >= 15 is 0 Å². The van der Waals surface area contributed by atoms with Gasteiger partial charge in [-0.1, -0.05) is 6.92 Å². The van der Waals surface area contributed by atoms with Gasteiger partial charge in [0, 0.05) is 24.9 Å². The van der Waals surface area contributed by atoms with Gasteiger partial charge in [-0.25, -0.2) is 14.3 Å². The molecule has 0 atom stereocenters. The van der Waals surface area contributed by atoms with Crippen molar-refractivity contribution in [3.63, 3.8) is 0 Å². The quantitative estimate of drug-likeness (QED) is 0.453. The lowest BCUT2D eigenvalue weighted by Gasteiger charge is -2.26. The Bertz CT molecular complexity index is 559. The second-order valence-electron chi connectivity index (χ2n) is 4.49. The number of aryl methyl sites for hydroxylation is 2. The summed E-state index contributed by atoms with van der Waals surface area (Å²) in [5, 5.41) is 22.7. The highest BCUT2D eigenvalue weighted by Gasteiger charge is 2.26. The average molecular weight is 295 g/mol. The fourth-order valence-corrected chi connectivity index (χ4v) is 2.31. The molecule has 0 aliphatic rings. The number of allylic oxidation sites excluding steroid dienone is 1. The normalized spacial score (nSPS) is 10.3. The van der Waals surface area contributed by atoms with Crippen LogP contribution in [0.15, 0.2) is 17.3 Å². The highest BCUT2D eigenvalue weighted by molar-refractivity contribution is 6.13. The van der Waals surface area contributed by atoms with Crippen molar-refractivity contribution < 1.29 is 19.8 Å². The number of anilines is 1. The van der Waals surface area contributed by atoms with Crippen molar-refractivity contribution in [2.24, 2.45) is 0 Å². The minimum atomic E-state index is -1.43. The van der Waals surface area contributed by atoms with E-state index in [9.17, 15) is 19.8 Å². The molecule has 1 aromatic heterocycles. The molecule has 0 fully saturated rings. The summed E-state index contributed by atoms with van der Waals surface area (Å²) in [6, 6.07) is 1.82. The molecule has 0 unspecified atom stereocenters. The van der Waals surface area contributed by atoms with Crippen molar-refractivity contribution in [1.29, 1.82) is 0 Å². The maximum atomic E-state index is 11.3. The number of carboxylic acids is 2. The van der Waals surface area contributed by atoms with Crippen LogP contribution in [0, 0.1) is 6.92 Å².